The Labute approximate surface area is 127 Å². The molecule has 0 saturated carbocycles. The number of sulfonamides is 1. The summed E-state index contributed by atoms with van der Waals surface area (Å²) in [4.78, 5) is 0.253. The van der Waals surface area contributed by atoms with Crippen LogP contribution in [0.2, 0.25) is 0 Å². The fourth-order valence-corrected chi connectivity index (χ4v) is 2.86. The lowest BCUT2D eigenvalue weighted by molar-refractivity contribution is 0.323. The SMILES string of the molecule is O=S(=O)(NCCOc1ccc(Br)cc1)c1ccccc1. The Balaban J connectivity index is 1.83. The van der Waals surface area contributed by atoms with Crippen molar-refractivity contribution < 1.29 is 13.2 Å². The summed E-state index contributed by atoms with van der Waals surface area (Å²) in [5.74, 6) is 0.701. The van der Waals surface area contributed by atoms with Crippen LogP contribution in [0, 0.1) is 0 Å². The van der Waals surface area contributed by atoms with Crippen molar-refractivity contribution in [3.63, 3.8) is 0 Å². The van der Waals surface area contributed by atoms with Crippen LogP contribution in [0.3, 0.4) is 0 Å². The van der Waals surface area contributed by atoms with Gasteiger partial charge in [0.1, 0.15) is 12.4 Å². The van der Waals surface area contributed by atoms with Crippen molar-refractivity contribution in [2.45, 2.75) is 4.90 Å². The summed E-state index contributed by atoms with van der Waals surface area (Å²) in [5, 5.41) is 0. The zero-order chi connectivity index (χ0) is 14.4. The van der Waals surface area contributed by atoms with Gasteiger partial charge in [0.15, 0.2) is 0 Å². The predicted molar refractivity (Wildman–Crippen MR) is 81.3 cm³/mol. The molecule has 0 amide bonds. The van der Waals surface area contributed by atoms with Crippen molar-refractivity contribution in [3.8, 4) is 5.75 Å². The molecule has 2 aromatic rings. The van der Waals surface area contributed by atoms with Crippen LogP contribution in [0.5, 0.6) is 5.75 Å². The van der Waals surface area contributed by atoms with E-state index >= 15 is 0 Å². The van der Waals surface area contributed by atoms with E-state index in [9.17, 15) is 8.42 Å². The number of rotatable bonds is 6. The van der Waals surface area contributed by atoms with Crippen molar-refractivity contribution in [2.75, 3.05) is 13.2 Å². The molecule has 0 bridgehead atoms. The van der Waals surface area contributed by atoms with Crippen molar-refractivity contribution in [1.29, 1.82) is 0 Å². The largest absolute Gasteiger partial charge is 0.492 e. The van der Waals surface area contributed by atoms with Crippen LogP contribution in [0.1, 0.15) is 0 Å². The van der Waals surface area contributed by atoms with E-state index in [0.717, 1.165) is 4.47 Å². The topological polar surface area (TPSA) is 55.4 Å². The second-order valence-electron chi connectivity index (χ2n) is 4.01. The molecular weight excluding hydrogens is 342 g/mol. The molecule has 0 radical (unpaired) electrons. The van der Waals surface area contributed by atoms with Gasteiger partial charge in [-0.15, -0.1) is 0 Å². The van der Waals surface area contributed by atoms with E-state index in [2.05, 4.69) is 20.7 Å². The van der Waals surface area contributed by atoms with E-state index in [1.54, 1.807) is 30.3 Å². The Morgan fingerprint density at radius 1 is 1.00 bits per heavy atom. The Bertz CT molecular complexity index is 642. The molecule has 2 rings (SSSR count). The molecule has 0 saturated heterocycles. The van der Waals surface area contributed by atoms with Gasteiger partial charge < -0.3 is 4.74 Å². The molecule has 0 atom stereocenters. The standard InChI is InChI=1S/C14H14BrNO3S/c15-12-6-8-13(9-7-12)19-11-10-16-20(17,18)14-4-2-1-3-5-14/h1-9,16H,10-11H2. The highest BCUT2D eigenvalue weighted by Gasteiger charge is 2.11. The third-order valence-electron chi connectivity index (χ3n) is 2.53. The fraction of sp³-hybridized carbons (Fsp3) is 0.143. The monoisotopic (exact) mass is 355 g/mol. The zero-order valence-electron chi connectivity index (χ0n) is 10.6. The molecule has 1 N–H and O–H groups in total. The van der Waals surface area contributed by atoms with Gasteiger partial charge in [-0.2, -0.15) is 0 Å². The summed E-state index contributed by atoms with van der Waals surface area (Å²) in [6.07, 6.45) is 0. The highest BCUT2D eigenvalue weighted by atomic mass is 79.9. The maximum atomic E-state index is 11.9. The highest BCUT2D eigenvalue weighted by molar-refractivity contribution is 9.10. The number of halogens is 1. The maximum absolute atomic E-state index is 11.9. The van der Waals surface area contributed by atoms with Crippen LogP contribution in [-0.2, 0) is 10.0 Å². The first-order chi connectivity index (χ1) is 9.58. The van der Waals surface area contributed by atoms with E-state index in [0.29, 0.717) is 5.75 Å². The number of ether oxygens (including phenoxy) is 1. The minimum Gasteiger partial charge on any atom is -0.492 e. The van der Waals surface area contributed by atoms with Crippen LogP contribution in [0.25, 0.3) is 0 Å². The van der Waals surface area contributed by atoms with Gasteiger partial charge in [-0.3, -0.25) is 0 Å². The summed E-state index contributed by atoms with van der Waals surface area (Å²) < 4.78 is 32.7. The molecule has 106 valence electrons. The Hall–Kier alpha value is -1.37. The first-order valence-electron chi connectivity index (χ1n) is 6.01. The molecule has 0 unspecified atom stereocenters. The van der Waals surface area contributed by atoms with Gasteiger partial charge in [-0.1, -0.05) is 34.1 Å². The third-order valence-corrected chi connectivity index (χ3v) is 4.54. The predicted octanol–water partition coefficient (Wildman–Crippen LogP) is 2.81. The molecule has 0 heterocycles. The van der Waals surface area contributed by atoms with Gasteiger partial charge in [0.25, 0.3) is 0 Å². The molecule has 0 aromatic heterocycles. The normalized spacial score (nSPS) is 11.2. The van der Waals surface area contributed by atoms with E-state index < -0.39 is 10.0 Å². The van der Waals surface area contributed by atoms with E-state index in [-0.39, 0.29) is 18.0 Å². The lowest BCUT2D eigenvalue weighted by Gasteiger charge is -2.08. The minimum absolute atomic E-state index is 0.216. The molecule has 0 aliphatic rings. The van der Waals surface area contributed by atoms with Crippen molar-refractivity contribution in [3.05, 3.63) is 59.1 Å². The number of nitrogens with one attached hydrogen (secondary N) is 1. The average Bonchev–Trinajstić information content (AvgIpc) is 2.46. The van der Waals surface area contributed by atoms with Gasteiger partial charge >= 0.3 is 0 Å². The molecule has 4 nitrogen and oxygen atoms in total. The van der Waals surface area contributed by atoms with E-state index in [4.69, 9.17) is 4.74 Å². The lowest BCUT2D eigenvalue weighted by atomic mass is 10.3. The van der Waals surface area contributed by atoms with E-state index in [1.165, 1.54) is 0 Å². The molecule has 0 aliphatic heterocycles. The lowest BCUT2D eigenvalue weighted by Crippen LogP contribution is -2.28. The summed E-state index contributed by atoms with van der Waals surface area (Å²) in [6.45, 7) is 0.487. The highest BCUT2D eigenvalue weighted by Crippen LogP contribution is 2.15. The molecule has 20 heavy (non-hydrogen) atoms. The van der Waals surface area contributed by atoms with Crippen molar-refractivity contribution >= 4 is 26.0 Å². The van der Waals surface area contributed by atoms with Crippen molar-refractivity contribution in [2.24, 2.45) is 0 Å². The van der Waals surface area contributed by atoms with Crippen LogP contribution >= 0.6 is 15.9 Å². The molecular formula is C14H14BrNO3S. The maximum Gasteiger partial charge on any atom is 0.240 e. The van der Waals surface area contributed by atoms with Gasteiger partial charge in [-0.25, -0.2) is 13.1 Å². The van der Waals surface area contributed by atoms with Gasteiger partial charge in [0.05, 0.1) is 4.90 Å². The number of hydrogen-bond acceptors (Lipinski definition) is 3. The summed E-state index contributed by atoms with van der Waals surface area (Å²) in [5.41, 5.74) is 0. The van der Waals surface area contributed by atoms with Crippen LogP contribution in [0.4, 0.5) is 0 Å². The molecule has 2 aromatic carbocycles. The Kier molecular flexibility index (Phi) is 5.17. The second-order valence-corrected chi connectivity index (χ2v) is 6.70. The Morgan fingerprint density at radius 2 is 1.65 bits per heavy atom. The second kappa shape index (κ2) is 6.88. The van der Waals surface area contributed by atoms with Gasteiger partial charge in [-0.05, 0) is 36.4 Å². The quantitative estimate of drug-likeness (QED) is 0.810. The molecule has 0 aliphatic carbocycles. The smallest absolute Gasteiger partial charge is 0.240 e. The molecule has 0 spiro atoms. The molecule has 0 fully saturated rings. The Morgan fingerprint density at radius 3 is 2.30 bits per heavy atom. The van der Waals surface area contributed by atoms with Crippen LogP contribution < -0.4 is 9.46 Å². The number of hydrogen-bond donors (Lipinski definition) is 1. The van der Waals surface area contributed by atoms with Gasteiger partial charge in [0, 0.05) is 11.0 Å². The van der Waals surface area contributed by atoms with Crippen molar-refractivity contribution in [1.82, 2.24) is 4.72 Å². The summed E-state index contributed by atoms with van der Waals surface area (Å²) in [7, 11) is -3.46. The summed E-state index contributed by atoms with van der Waals surface area (Å²) >= 11 is 3.33. The van der Waals surface area contributed by atoms with Crippen LogP contribution in [0.15, 0.2) is 64.0 Å². The number of benzene rings is 2. The van der Waals surface area contributed by atoms with E-state index in [1.807, 2.05) is 24.3 Å². The minimum atomic E-state index is -3.46. The van der Waals surface area contributed by atoms with Gasteiger partial charge in [0.2, 0.25) is 10.0 Å². The first-order valence-corrected chi connectivity index (χ1v) is 8.29. The average molecular weight is 356 g/mol. The summed E-state index contributed by atoms with van der Waals surface area (Å²) in [6, 6.07) is 15.6. The van der Waals surface area contributed by atoms with Crippen LogP contribution in [-0.4, -0.2) is 21.6 Å². The fourth-order valence-electron chi connectivity index (χ4n) is 1.56. The molecule has 6 heteroatoms. The first kappa shape index (κ1) is 15.0. The zero-order valence-corrected chi connectivity index (χ0v) is 13.0. The third kappa shape index (κ3) is 4.33.